The topological polar surface area (TPSA) is 172 Å². The Morgan fingerprint density at radius 2 is 1.33 bits per heavy atom. The molecule has 2 atom stereocenters. The lowest BCUT2D eigenvalue weighted by molar-refractivity contribution is -0.392. The highest BCUT2D eigenvalue weighted by Gasteiger charge is 2.23. The Hall–Kier alpha value is -2.90. The van der Waals surface area contributed by atoms with E-state index in [-0.39, 0.29) is 37.9 Å². The van der Waals surface area contributed by atoms with Crippen molar-refractivity contribution in [3.8, 4) is 0 Å². The van der Waals surface area contributed by atoms with Gasteiger partial charge in [0, 0.05) is 13.8 Å². The van der Waals surface area contributed by atoms with Crippen LogP contribution in [0.25, 0.3) is 0 Å². The summed E-state index contributed by atoms with van der Waals surface area (Å²) >= 11 is 0. The van der Waals surface area contributed by atoms with Gasteiger partial charge in [0.1, 0.15) is 37.7 Å². The molecule has 0 bridgehead atoms. The molecule has 0 unspecified atom stereocenters. The zero-order valence-corrected chi connectivity index (χ0v) is 14.8. The van der Waals surface area contributed by atoms with Crippen LogP contribution in [0.3, 0.4) is 0 Å². The highest BCUT2D eigenvalue weighted by atomic mass is 16.6. The SMILES string of the molecule is Cc1ncc([N+](=O)[O-])n1C[C@H](O)COC[C@@H](O)Cn1c([N+](=O)[O-])cnc1C. The summed E-state index contributed by atoms with van der Waals surface area (Å²) in [5.41, 5.74) is 0. The molecule has 2 N–H and O–H groups in total. The van der Waals surface area contributed by atoms with Crippen LogP contribution in [0.15, 0.2) is 12.4 Å². The minimum atomic E-state index is -1.06. The van der Waals surface area contributed by atoms with Gasteiger partial charge in [-0.15, -0.1) is 0 Å². The van der Waals surface area contributed by atoms with E-state index in [0.717, 1.165) is 12.4 Å². The first-order valence-electron chi connectivity index (χ1n) is 7.97. The molecule has 0 radical (unpaired) electrons. The largest absolute Gasteiger partial charge is 0.387 e. The number of imidazole rings is 2. The Labute approximate surface area is 153 Å². The third-order valence-electron chi connectivity index (χ3n) is 3.85. The van der Waals surface area contributed by atoms with Crippen molar-refractivity contribution >= 4 is 11.6 Å². The van der Waals surface area contributed by atoms with E-state index in [1.165, 1.54) is 9.13 Å². The summed E-state index contributed by atoms with van der Waals surface area (Å²) in [6.07, 6.45) is 0.0845. The maximum atomic E-state index is 10.9. The molecule has 0 spiro atoms. The van der Waals surface area contributed by atoms with E-state index in [1.807, 2.05) is 0 Å². The van der Waals surface area contributed by atoms with Crippen LogP contribution in [-0.4, -0.2) is 64.6 Å². The predicted octanol–water partition coefficient (Wildman–Crippen LogP) is -0.0486. The van der Waals surface area contributed by atoms with Gasteiger partial charge in [0.2, 0.25) is 0 Å². The molecule has 2 heterocycles. The number of rotatable bonds is 10. The molecule has 13 heteroatoms. The number of nitro groups is 2. The molecule has 0 aliphatic carbocycles. The number of aliphatic hydroxyl groups is 2. The average Bonchev–Trinajstić information content (AvgIpc) is 3.11. The lowest BCUT2D eigenvalue weighted by Gasteiger charge is -2.14. The van der Waals surface area contributed by atoms with Crippen LogP contribution < -0.4 is 0 Å². The monoisotopic (exact) mass is 384 g/mol. The molecule has 13 nitrogen and oxygen atoms in total. The van der Waals surface area contributed by atoms with E-state index in [0.29, 0.717) is 11.6 Å². The van der Waals surface area contributed by atoms with Gasteiger partial charge in [0.25, 0.3) is 0 Å². The van der Waals surface area contributed by atoms with Crippen molar-refractivity contribution < 1.29 is 24.8 Å². The highest BCUT2D eigenvalue weighted by molar-refractivity contribution is 5.19. The summed E-state index contributed by atoms with van der Waals surface area (Å²) in [7, 11) is 0. The van der Waals surface area contributed by atoms with E-state index in [2.05, 4.69) is 9.97 Å². The van der Waals surface area contributed by atoms with Crippen molar-refractivity contribution in [3.05, 3.63) is 44.3 Å². The van der Waals surface area contributed by atoms with Crippen molar-refractivity contribution in [3.63, 3.8) is 0 Å². The molecule has 2 aromatic heterocycles. The van der Waals surface area contributed by atoms with Crippen LogP contribution in [0.5, 0.6) is 0 Å². The quantitative estimate of drug-likeness (QED) is 0.421. The number of aliphatic hydroxyl groups excluding tert-OH is 2. The normalized spacial score (nSPS) is 13.5. The van der Waals surface area contributed by atoms with Gasteiger partial charge < -0.3 is 35.2 Å². The molecule has 27 heavy (non-hydrogen) atoms. The maximum absolute atomic E-state index is 10.9. The van der Waals surface area contributed by atoms with Crippen molar-refractivity contribution in [2.75, 3.05) is 13.2 Å². The summed E-state index contributed by atoms with van der Waals surface area (Å²) in [6.45, 7) is 2.59. The smallest absolute Gasteiger partial charge is 0.342 e. The second-order valence-corrected chi connectivity index (χ2v) is 5.91. The number of aromatic nitrogens is 4. The van der Waals surface area contributed by atoms with Crippen LogP contribution in [0.4, 0.5) is 11.6 Å². The first-order valence-corrected chi connectivity index (χ1v) is 7.97. The molecule has 0 fully saturated rings. The molecular formula is C14H20N6O7. The molecule has 0 aliphatic heterocycles. The van der Waals surface area contributed by atoms with Crippen molar-refractivity contribution in [2.24, 2.45) is 0 Å². The second-order valence-electron chi connectivity index (χ2n) is 5.91. The Balaban J connectivity index is 1.84. The fraction of sp³-hybridized carbons (Fsp3) is 0.571. The zero-order chi connectivity index (χ0) is 20.1. The Bertz CT molecular complexity index is 751. The third-order valence-corrected chi connectivity index (χ3v) is 3.85. The van der Waals surface area contributed by atoms with Gasteiger partial charge in [0.05, 0.1) is 13.2 Å². The van der Waals surface area contributed by atoms with Crippen LogP contribution >= 0.6 is 0 Å². The molecule has 0 aromatic carbocycles. The number of nitrogens with zero attached hydrogens (tertiary/aromatic N) is 6. The van der Waals surface area contributed by atoms with E-state index >= 15 is 0 Å². The molecule has 148 valence electrons. The van der Waals surface area contributed by atoms with Crippen molar-refractivity contribution in [1.82, 2.24) is 19.1 Å². The van der Waals surface area contributed by atoms with Crippen LogP contribution in [0.1, 0.15) is 11.6 Å². The van der Waals surface area contributed by atoms with Crippen LogP contribution in [0.2, 0.25) is 0 Å². The molecule has 0 amide bonds. The lowest BCUT2D eigenvalue weighted by atomic mass is 10.3. The summed E-state index contributed by atoms with van der Waals surface area (Å²) in [5.74, 6) is 0.274. The summed E-state index contributed by atoms with van der Waals surface area (Å²) in [6, 6.07) is 0. The first kappa shape index (κ1) is 20.4. The fourth-order valence-electron chi connectivity index (χ4n) is 2.52. The minimum absolute atomic E-state index is 0.0929. The van der Waals surface area contributed by atoms with Gasteiger partial charge in [-0.1, -0.05) is 0 Å². The second kappa shape index (κ2) is 8.66. The first-order chi connectivity index (χ1) is 12.7. The van der Waals surface area contributed by atoms with Gasteiger partial charge >= 0.3 is 11.6 Å². The zero-order valence-electron chi connectivity index (χ0n) is 14.8. The molecule has 0 saturated heterocycles. The Morgan fingerprint density at radius 1 is 0.963 bits per heavy atom. The number of aryl methyl sites for hydroxylation is 2. The molecule has 2 aromatic rings. The van der Waals surface area contributed by atoms with Crippen LogP contribution in [0, 0.1) is 34.1 Å². The van der Waals surface area contributed by atoms with E-state index in [1.54, 1.807) is 13.8 Å². The van der Waals surface area contributed by atoms with E-state index in [9.17, 15) is 30.4 Å². The predicted molar refractivity (Wildman–Crippen MR) is 90.1 cm³/mol. The van der Waals surface area contributed by atoms with Gasteiger partial charge in [-0.25, -0.2) is 19.1 Å². The third kappa shape index (κ3) is 5.06. The van der Waals surface area contributed by atoms with E-state index in [4.69, 9.17) is 4.74 Å². The molecule has 0 saturated carbocycles. The maximum Gasteiger partial charge on any atom is 0.342 e. The average molecular weight is 384 g/mol. The van der Waals surface area contributed by atoms with Gasteiger partial charge in [-0.3, -0.25) is 0 Å². The van der Waals surface area contributed by atoms with Gasteiger partial charge in [0.15, 0.2) is 11.6 Å². The lowest BCUT2D eigenvalue weighted by Crippen LogP contribution is -2.28. The number of ether oxygens (including phenoxy) is 1. The van der Waals surface area contributed by atoms with Gasteiger partial charge in [-0.2, -0.15) is 0 Å². The van der Waals surface area contributed by atoms with Gasteiger partial charge in [-0.05, 0) is 9.85 Å². The summed E-state index contributed by atoms with van der Waals surface area (Å²) < 4.78 is 7.73. The summed E-state index contributed by atoms with van der Waals surface area (Å²) in [4.78, 5) is 28.3. The summed E-state index contributed by atoms with van der Waals surface area (Å²) in [5, 5.41) is 41.8. The minimum Gasteiger partial charge on any atom is -0.387 e. The molecule has 0 aliphatic rings. The highest BCUT2D eigenvalue weighted by Crippen LogP contribution is 2.15. The standard InChI is InChI=1S/C14H20N6O7/c1-9-15-3-13(19(23)24)17(9)5-11(21)7-27-8-12(22)6-18-10(2)16-4-14(18)20(25)26/h3-4,11-12,21-22H,5-8H2,1-2H3/t11-,12-/m0/s1. The van der Waals surface area contributed by atoms with Crippen molar-refractivity contribution in [1.29, 1.82) is 0 Å². The number of hydrogen-bond donors (Lipinski definition) is 2. The Kier molecular flexibility index (Phi) is 6.55. The molecule has 2 rings (SSSR count). The van der Waals surface area contributed by atoms with Crippen molar-refractivity contribution in [2.45, 2.75) is 39.1 Å². The van der Waals surface area contributed by atoms with Crippen LogP contribution in [-0.2, 0) is 17.8 Å². The Morgan fingerprint density at radius 3 is 1.67 bits per heavy atom. The molecular weight excluding hydrogens is 364 g/mol. The van der Waals surface area contributed by atoms with E-state index < -0.39 is 22.1 Å². The fourth-order valence-corrected chi connectivity index (χ4v) is 2.52. The number of hydrogen-bond acceptors (Lipinski definition) is 9.